The third kappa shape index (κ3) is 3.64. The molecule has 26 heavy (non-hydrogen) atoms. The number of halogens is 1. The Morgan fingerprint density at radius 3 is 2.77 bits per heavy atom. The molecule has 5 nitrogen and oxygen atoms in total. The summed E-state index contributed by atoms with van der Waals surface area (Å²) in [5, 5.41) is 4.63. The highest BCUT2D eigenvalue weighted by atomic mass is 35.5. The van der Waals surface area contributed by atoms with Crippen LogP contribution in [0.4, 0.5) is 5.69 Å². The zero-order valence-corrected chi connectivity index (χ0v) is 15.3. The number of aryl methyl sites for hydroxylation is 1. The zero-order valence-electron chi connectivity index (χ0n) is 14.6. The molecular formula is C20H19ClN2O3. The van der Waals surface area contributed by atoms with Crippen LogP contribution in [-0.4, -0.2) is 24.2 Å². The van der Waals surface area contributed by atoms with Crippen LogP contribution in [0.5, 0.6) is 0 Å². The van der Waals surface area contributed by atoms with Crippen molar-refractivity contribution in [1.82, 2.24) is 4.57 Å². The minimum atomic E-state index is -0.263. The van der Waals surface area contributed by atoms with Crippen LogP contribution in [0, 0.1) is 6.92 Å². The van der Waals surface area contributed by atoms with E-state index in [4.69, 9.17) is 16.3 Å². The van der Waals surface area contributed by atoms with Gasteiger partial charge in [-0.3, -0.25) is 9.59 Å². The molecule has 0 bridgehead atoms. The highest BCUT2D eigenvalue weighted by molar-refractivity contribution is 6.31. The van der Waals surface area contributed by atoms with E-state index in [2.05, 4.69) is 5.32 Å². The predicted molar refractivity (Wildman–Crippen MR) is 104 cm³/mol. The molecule has 0 aliphatic carbocycles. The number of nitrogens with one attached hydrogen (secondary N) is 1. The molecule has 0 atom stereocenters. The average molecular weight is 371 g/mol. The van der Waals surface area contributed by atoms with Crippen molar-refractivity contribution in [3.63, 3.8) is 0 Å². The number of carbonyl (C=O) groups is 1. The lowest BCUT2D eigenvalue weighted by atomic mass is 10.1. The van der Waals surface area contributed by atoms with E-state index in [1.807, 2.05) is 13.0 Å². The van der Waals surface area contributed by atoms with Crippen molar-refractivity contribution < 1.29 is 9.53 Å². The SMILES string of the molecule is COCCn1ccc2c(NC(=O)c3cc(Cl)ccc3C)cccc2c1=O. The third-order valence-electron chi connectivity index (χ3n) is 4.25. The third-order valence-corrected chi connectivity index (χ3v) is 4.48. The van der Waals surface area contributed by atoms with Gasteiger partial charge in [0.1, 0.15) is 0 Å². The molecule has 0 unspecified atom stereocenters. The summed E-state index contributed by atoms with van der Waals surface area (Å²) < 4.78 is 6.63. The molecule has 2 aromatic carbocycles. The number of nitrogens with zero attached hydrogens (tertiary/aromatic N) is 1. The van der Waals surface area contributed by atoms with Gasteiger partial charge in [0.2, 0.25) is 0 Å². The first kappa shape index (κ1) is 18.2. The first-order valence-corrected chi connectivity index (χ1v) is 8.57. The fourth-order valence-corrected chi connectivity index (χ4v) is 2.99. The Hall–Kier alpha value is -2.63. The predicted octanol–water partition coefficient (Wildman–Crippen LogP) is 3.86. The number of methoxy groups -OCH3 is 1. The van der Waals surface area contributed by atoms with Crippen molar-refractivity contribution in [3.05, 3.63) is 75.2 Å². The number of aromatic nitrogens is 1. The van der Waals surface area contributed by atoms with Crippen molar-refractivity contribution >= 4 is 34.0 Å². The summed E-state index contributed by atoms with van der Waals surface area (Å²) in [5.74, 6) is -0.263. The second-order valence-electron chi connectivity index (χ2n) is 5.99. The van der Waals surface area contributed by atoms with Gasteiger partial charge in [-0.15, -0.1) is 0 Å². The van der Waals surface area contributed by atoms with Gasteiger partial charge in [-0.05, 0) is 42.8 Å². The topological polar surface area (TPSA) is 60.3 Å². The van der Waals surface area contributed by atoms with E-state index in [0.717, 1.165) is 5.56 Å². The first-order chi connectivity index (χ1) is 12.5. The number of ether oxygens (including phenoxy) is 1. The molecule has 1 N–H and O–H groups in total. The van der Waals surface area contributed by atoms with E-state index in [-0.39, 0.29) is 11.5 Å². The van der Waals surface area contributed by atoms with Gasteiger partial charge in [-0.2, -0.15) is 0 Å². The van der Waals surface area contributed by atoms with Crippen molar-refractivity contribution in [2.45, 2.75) is 13.5 Å². The van der Waals surface area contributed by atoms with Crippen molar-refractivity contribution in [2.24, 2.45) is 0 Å². The summed E-state index contributed by atoms with van der Waals surface area (Å²) in [7, 11) is 1.59. The van der Waals surface area contributed by atoms with Crippen molar-refractivity contribution in [1.29, 1.82) is 0 Å². The van der Waals surface area contributed by atoms with Gasteiger partial charge < -0.3 is 14.6 Å². The first-order valence-electron chi connectivity index (χ1n) is 8.20. The van der Waals surface area contributed by atoms with E-state index in [0.29, 0.717) is 40.2 Å². The molecule has 0 radical (unpaired) electrons. The molecule has 0 fully saturated rings. The zero-order chi connectivity index (χ0) is 18.7. The molecule has 0 saturated heterocycles. The Bertz CT molecular complexity index is 1030. The Balaban J connectivity index is 1.98. The summed E-state index contributed by atoms with van der Waals surface area (Å²) in [6.45, 7) is 2.78. The number of fused-ring (bicyclic) bond motifs is 1. The Morgan fingerprint density at radius 2 is 2.00 bits per heavy atom. The Kier molecular flexibility index (Phi) is 5.40. The summed E-state index contributed by atoms with van der Waals surface area (Å²) in [4.78, 5) is 25.3. The van der Waals surface area contributed by atoms with E-state index in [1.54, 1.807) is 54.3 Å². The second-order valence-corrected chi connectivity index (χ2v) is 6.42. The highest BCUT2D eigenvalue weighted by Gasteiger charge is 2.13. The van der Waals surface area contributed by atoms with Crippen LogP contribution in [0.25, 0.3) is 10.8 Å². The number of hydrogen-bond acceptors (Lipinski definition) is 3. The molecule has 0 spiro atoms. The number of rotatable bonds is 5. The molecule has 0 aliphatic heterocycles. The molecule has 1 amide bonds. The monoisotopic (exact) mass is 370 g/mol. The van der Waals surface area contributed by atoms with Crippen molar-refractivity contribution in [3.8, 4) is 0 Å². The molecule has 3 aromatic rings. The standard InChI is InChI=1S/C20H19ClN2O3/c1-13-6-7-14(21)12-17(13)19(24)22-18-5-3-4-16-15(18)8-9-23(20(16)25)10-11-26-2/h3-9,12H,10-11H2,1-2H3,(H,22,24). The molecule has 134 valence electrons. The van der Waals surface area contributed by atoms with Crippen molar-refractivity contribution in [2.75, 3.05) is 19.0 Å². The largest absolute Gasteiger partial charge is 0.383 e. The van der Waals surface area contributed by atoms with Gasteiger partial charge in [0.15, 0.2) is 0 Å². The number of benzene rings is 2. The summed E-state index contributed by atoms with van der Waals surface area (Å²) >= 11 is 6.00. The maximum absolute atomic E-state index is 12.7. The average Bonchev–Trinajstić information content (AvgIpc) is 2.63. The fourth-order valence-electron chi connectivity index (χ4n) is 2.82. The number of pyridine rings is 1. The maximum Gasteiger partial charge on any atom is 0.258 e. The van der Waals surface area contributed by atoms with Gasteiger partial charge in [-0.25, -0.2) is 0 Å². The van der Waals surface area contributed by atoms with Gasteiger partial charge >= 0.3 is 0 Å². The van der Waals surface area contributed by atoms with E-state index < -0.39 is 0 Å². The molecule has 0 aliphatic rings. The molecule has 1 aromatic heterocycles. The molecule has 1 heterocycles. The van der Waals surface area contributed by atoms with Gasteiger partial charge in [0, 0.05) is 46.9 Å². The van der Waals surface area contributed by atoms with Crippen LogP contribution < -0.4 is 10.9 Å². The quantitative estimate of drug-likeness (QED) is 0.741. The van der Waals surface area contributed by atoms with Crippen LogP contribution in [-0.2, 0) is 11.3 Å². The fraction of sp³-hybridized carbons (Fsp3) is 0.200. The Labute approximate surface area is 156 Å². The van der Waals surface area contributed by atoms with Crippen LogP contribution in [0.2, 0.25) is 5.02 Å². The molecular weight excluding hydrogens is 352 g/mol. The van der Waals surface area contributed by atoms with Crippen LogP contribution >= 0.6 is 11.6 Å². The van der Waals surface area contributed by atoms with E-state index >= 15 is 0 Å². The molecule has 0 saturated carbocycles. The minimum Gasteiger partial charge on any atom is -0.383 e. The summed E-state index contributed by atoms with van der Waals surface area (Å²) in [6.07, 6.45) is 1.71. The number of carbonyl (C=O) groups excluding carboxylic acids is 1. The van der Waals surface area contributed by atoms with E-state index in [9.17, 15) is 9.59 Å². The second kappa shape index (κ2) is 7.72. The summed E-state index contributed by atoms with van der Waals surface area (Å²) in [6, 6.07) is 12.3. The lowest BCUT2D eigenvalue weighted by molar-refractivity contribution is 0.102. The molecule has 3 rings (SSSR count). The van der Waals surface area contributed by atoms with Crippen LogP contribution in [0.1, 0.15) is 15.9 Å². The Morgan fingerprint density at radius 1 is 1.19 bits per heavy atom. The number of amides is 1. The smallest absolute Gasteiger partial charge is 0.258 e. The normalized spacial score (nSPS) is 10.9. The lowest BCUT2D eigenvalue weighted by Gasteiger charge is -2.12. The van der Waals surface area contributed by atoms with E-state index in [1.165, 1.54) is 0 Å². The van der Waals surface area contributed by atoms with Gasteiger partial charge in [0.05, 0.1) is 6.61 Å². The minimum absolute atomic E-state index is 0.116. The lowest BCUT2D eigenvalue weighted by Crippen LogP contribution is -2.22. The number of hydrogen-bond donors (Lipinski definition) is 1. The number of anilines is 1. The van der Waals surface area contributed by atoms with Gasteiger partial charge in [0.25, 0.3) is 11.5 Å². The summed E-state index contributed by atoms with van der Waals surface area (Å²) in [5.41, 5.74) is 1.80. The van der Waals surface area contributed by atoms with Gasteiger partial charge in [-0.1, -0.05) is 23.7 Å². The maximum atomic E-state index is 12.7. The molecule has 6 heteroatoms. The van der Waals surface area contributed by atoms with Crippen LogP contribution in [0.15, 0.2) is 53.5 Å². The van der Waals surface area contributed by atoms with Crippen LogP contribution in [0.3, 0.4) is 0 Å². The highest BCUT2D eigenvalue weighted by Crippen LogP contribution is 2.23.